The van der Waals surface area contributed by atoms with Crippen molar-refractivity contribution < 1.29 is 19.3 Å². The highest BCUT2D eigenvalue weighted by Crippen LogP contribution is 2.31. The molecule has 10 heteroatoms. The van der Waals surface area contributed by atoms with Gasteiger partial charge >= 0.3 is 0 Å². The predicted octanol–water partition coefficient (Wildman–Crippen LogP) is 0.0572. The molecule has 4 atom stereocenters. The molecule has 0 radical (unpaired) electrons. The normalized spacial score (nSPS) is 27.7. The summed E-state index contributed by atoms with van der Waals surface area (Å²) in [5.74, 6) is 0. The summed E-state index contributed by atoms with van der Waals surface area (Å²) in [5.41, 5.74) is 5.37. The maximum atomic E-state index is 11.4. The maximum Gasteiger partial charge on any atom is 0.254 e. The molecule has 0 amide bonds. The van der Waals surface area contributed by atoms with Crippen LogP contribution in [0.1, 0.15) is 18.2 Å². The number of rotatable bonds is 4. The van der Waals surface area contributed by atoms with Gasteiger partial charge in [-0.15, -0.1) is 0 Å². The molecule has 1 aromatic rings. The van der Waals surface area contributed by atoms with Gasteiger partial charge < -0.3 is 19.3 Å². The van der Waals surface area contributed by atoms with Crippen molar-refractivity contribution in [2.45, 2.75) is 31.8 Å². The zero-order valence-corrected chi connectivity index (χ0v) is 12.4. The Balaban J connectivity index is 2.14. The van der Waals surface area contributed by atoms with Crippen molar-refractivity contribution in [1.82, 2.24) is 9.55 Å². The highest BCUT2D eigenvalue weighted by Gasteiger charge is 2.35. The van der Waals surface area contributed by atoms with Crippen LogP contribution in [0, 0.1) is 11.7 Å². The zero-order valence-electron chi connectivity index (χ0n) is 10.7. The highest BCUT2D eigenvalue weighted by atomic mass is 32.1. The second-order valence-corrected chi connectivity index (χ2v) is 5.76. The van der Waals surface area contributed by atoms with Gasteiger partial charge in [-0.2, -0.15) is 0 Å². The average molecular weight is 321 g/mol. The number of aryl methyl sites for hydroxylation is 1. The summed E-state index contributed by atoms with van der Waals surface area (Å²) in [4.78, 5) is 22.9. The summed E-state index contributed by atoms with van der Waals surface area (Å²) < 4.78 is 12.3. The minimum Gasteiger partial charge on any atom is -0.390 e. The first-order valence-corrected chi connectivity index (χ1v) is 7.59. The molecule has 1 unspecified atom stereocenters. The number of nitrogens with two attached hydrogens (primary N) is 1. The van der Waals surface area contributed by atoms with E-state index < -0.39 is 27.0 Å². The third kappa shape index (κ3) is 3.50. The first kappa shape index (κ1) is 15.7. The van der Waals surface area contributed by atoms with Crippen LogP contribution in [0.3, 0.4) is 0 Å². The molecule has 1 aromatic heterocycles. The van der Waals surface area contributed by atoms with E-state index in [0.717, 1.165) is 0 Å². The molecule has 2 heterocycles. The Bertz CT molecular complexity index is 589. The third-order valence-corrected chi connectivity index (χ3v) is 3.76. The molecular formula is C10H16N3O5PS. The van der Waals surface area contributed by atoms with Gasteiger partial charge in [0.25, 0.3) is 5.56 Å². The van der Waals surface area contributed by atoms with E-state index in [0.29, 0.717) is 12.0 Å². The molecule has 1 saturated heterocycles. The molecule has 20 heavy (non-hydrogen) atoms. The predicted molar refractivity (Wildman–Crippen MR) is 74.4 cm³/mol. The number of nitrogens with one attached hydrogen (secondary N) is 1. The molecule has 1 aliphatic rings. The molecule has 2 rings (SSSR count). The lowest BCUT2D eigenvalue weighted by molar-refractivity contribution is -0.0401. The van der Waals surface area contributed by atoms with Gasteiger partial charge in [0, 0.05) is 18.2 Å². The lowest BCUT2D eigenvalue weighted by Crippen LogP contribution is -2.26. The van der Waals surface area contributed by atoms with Crippen LogP contribution in [-0.2, 0) is 9.26 Å². The Morgan fingerprint density at radius 2 is 2.45 bits per heavy atom. The largest absolute Gasteiger partial charge is 0.390 e. The van der Waals surface area contributed by atoms with Crippen LogP contribution in [0.5, 0.6) is 0 Å². The van der Waals surface area contributed by atoms with Gasteiger partial charge in [0.15, 0.2) is 4.77 Å². The van der Waals surface area contributed by atoms with Gasteiger partial charge in [0.05, 0.1) is 12.7 Å². The van der Waals surface area contributed by atoms with Gasteiger partial charge in [-0.05, 0) is 19.1 Å². The summed E-state index contributed by atoms with van der Waals surface area (Å²) in [6.07, 6.45) is 0.0362. The van der Waals surface area contributed by atoms with Gasteiger partial charge in [0.2, 0.25) is 8.53 Å². The molecule has 1 aliphatic heterocycles. The number of aromatic amines is 1. The quantitative estimate of drug-likeness (QED) is 0.457. The minimum absolute atomic E-state index is 0.00791. The van der Waals surface area contributed by atoms with E-state index in [9.17, 15) is 9.90 Å². The number of ether oxygens (including phenoxy) is 1. The van der Waals surface area contributed by atoms with Crippen LogP contribution in [0.15, 0.2) is 11.0 Å². The molecule has 0 saturated carbocycles. The van der Waals surface area contributed by atoms with E-state index in [-0.39, 0.29) is 16.9 Å². The smallest absolute Gasteiger partial charge is 0.254 e. The van der Waals surface area contributed by atoms with E-state index in [1.807, 2.05) is 0 Å². The molecule has 5 N–H and O–H groups in total. The second-order valence-electron chi connectivity index (χ2n) is 4.51. The van der Waals surface area contributed by atoms with Crippen LogP contribution >= 0.6 is 20.7 Å². The fraction of sp³-hybridized carbons (Fsp3) is 0.600. The summed E-state index contributed by atoms with van der Waals surface area (Å²) in [6, 6.07) is 0. The summed E-state index contributed by atoms with van der Waals surface area (Å²) in [7, 11) is -1.99. The Hall–Kier alpha value is -0.670. The van der Waals surface area contributed by atoms with Crippen LogP contribution in [0.4, 0.5) is 0 Å². The third-order valence-electron chi connectivity index (χ3n) is 3.03. The molecule has 0 aliphatic carbocycles. The number of aromatic nitrogens is 2. The van der Waals surface area contributed by atoms with Crippen LogP contribution in [0.2, 0.25) is 0 Å². The van der Waals surface area contributed by atoms with Gasteiger partial charge in [-0.1, -0.05) is 0 Å². The zero-order chi connectivity index (χ0) is 14.9. The van der Waals surface area contributed by atoms with Crippen molar-refractivity contribution in [3.63, 3.8) is 0 Å². The number of nitrogens with zero attached hydrogens (tertiary/aromatic N) is 1. The van der Waals surface area contributed by atoms with Crippen LogP contribution < -0.4 is 11.1 Å². The lowest BCUT2D eigenvalue weighted by Gasteiger charge is -2.17. The van der Waals surface area contributed by atoms with Crippen molar-refractivity contribution in [3.8, 4) is 0 Å². The van der Waals surface area contributed by atoms with E-state index in [1.165, 1.54) is 0 Å². The summed E-state index contributed by atoms with van der Waals surface area (Å²) in [5, 5.41) is 9.91. The maximum absolute atomic E-state index is 11.4. The van der Waals surface area contributed by atoms with Crippen molar-refractivity contribution >= 4 is 20.7 Å². The Labute approximate surface area is 121 Å². The van der Waals surface area contributed by atoms with Crippen molar-refractivity contribution in [3.05, 3.63) is 26.9 Å². The topological polar surface area (TPSA) is 123 Å². The number of H-pyrrole nitrogens is 1. The van der Waals surface area contributed by atoms with E-state index in [4.69, 9.17) is 31.9 Å². The lowest BCUT2D eigenvalue weighted by atomic mass is 10.2. The van der Waals surface area contributed by atoms with Gasteiger partial charge in [-0.3, -0.25) is 19.8 Å². The molecule has 1 fully saturated rings. The molecule has 0 aromatic carbocycles. The Morgan fingerprint density at radius 1 is 1.75 bits per heavy atom. The van der Waals surface area contributed by atoms with E-state index >= 15 is 0 Å². The number of hydrogen-bond acceptors (Lipinski definition) is 7. The van der Waals surface area contributed by atoms with Crippen LogP contribution in [-0.4, -0.2) is 38.4 Å². The Kier molecular flexibility index (Phi) is 5.03. The fourth-order valence-corrected chi connectivity index (χ4v) is 2.55. The summed E-state index contributed by atoms with van der Waals surface area (Å²) in [6.45, 7) is 1.65. The number of hydrogen-bond donors (Lipinski definition) is 4. The SMILES string of the molecule is Cc1cn([C@H]2C[C@H](O)[C@@H](COP(N)O)O2)c(=S)[nH]c1=O. The number of aliphatic hydroxyl groups is 1. The average Bonchev–Trinajstić information content (AvgIpc) is 2.72. The second kappa shape index (κ2) is 6.40. The molecule has 8 nitrogen and oxygen atoms in total. The van der Waals surface area contributed by atoms with Gasteiger partial charge in [-0.25, -0.2) is 0 Å². The fourth-order valence-electron chi connectivity index (χ4n) is 1.99. The van der Waals surface area contributed by atoms with Crippen molar-refractivity contribution in [1.29, 1.82) is 0 Å². The standard InChI is InChI=1S/C10H16N3O5PS/c1-5-3-13(10(20)12-9(5)15)8-2-6(14)7(18-8)4-17-19(11)16/h3,6-8,14,16H,2,4,11H2,1H3,(H,12,15,20)/t6-,7+,8+,19?/m0/s1. The molecule has 0 bridgehead atoms. The van der Waals surface area contributed by atoms with Crippen molar-refractivity contribution in [2.75, 3.05) is 6.61 Å². The highest BCUT2D eigenvalue weighted by molar-refractivity contribution is 7.71. The Morgan fingerprint density at radius 3 is 3.10 bits per heavy atom. The number of aliphatic hydroxyl groups excluding tert-OH is 1. The van der Waals surface area contributed by atoms with Gasteiger partial charge in [0.1, 0.15) is 12.3 Å². The van der Waals surface area contributed by atoms with Crippen molar-refractivity contribution in [2.24, 2.45) is 5.50 Å². The summed E-state index contributed by atoms with van der Waals surface area (Å²) >= 11 is 5.08. The molecular weight excluding hydrogens is 305 g/mol. The first-order valence-electron chi connectivity index (χ1n) is 5.90. The first-order chi connectivity index (χ1) is 9.38. The minimum atomic E-state index is -1.99. The molecule has 0 spiro atoms. The van der Waals surface area contributed by atoms with Crippen LogP contribution in [0.25, 0.3) is 0 Å². The van der Waals surface area contributed by atoms with E-state index in [1.54, 1.807) is 17.7 Å². The molecule has 112 valence electrons. The van der Waals surface area contributed by atoms with E-state index in [2.05, 4.69) is 4.98 Å². The monoisotopic (exact) mass is 321 g/mol.